The number of fused-ring (bicyclic) bond motifs is 3. The molecule has 4 aliphatic carbocycles. The topological polar surface area (TPSA) is 40.5 Å². The van der Waals surface area contributed by atoms with Crippen LogP contribution in [0.25, 0.3) is 0 Å². The first-order valence-corrected chi connectivity index (χ1v) is 9.59. The minimum atomic E-state index is -0.424. The molecule has 0 saturated heterocycles. The lowest BCUT2D eigenvalue weighted by Crippen LogP contribution is -2.57. The fraction of sp³-hybridized carbons (Fsp3) is 1.00. The summed E-state index contributed by atoms with van der Waals surface area (Å²) in [4.78, 5) is 0. The molecule has 22 heavy (non-hydrogen) atoms. The Balaban J connectivity index is 1.72. The summed E-state index contributed by atoms with van der Waals surface area (Å²) < 4.78 is 0. The van der Waals surface area contributed by atoms with Crippen molar-refractivity contribution < 1.29 is 10.2 Å². The fourth-order valence-electron chi connectivity index (χ4n) is 8.12. The number of rotatable bonds is 1. The Morgan fingerprint density at radius 3 is 2.45 bits per heavy atom. The van der Waals surface area contributed by atoms with Crippen molar-refractivity contribution in [3.63, 3.8) is 0 Å². The number of hydrogen-bond acceptors (Lipinski definition) is 2. The summed E-state index contributed by atoms with van der Waals surface area (Å²) in [5.74, 6) is 1.99. The molecule has 126 valence electrons. The third-order valence-corrected chi connectivity index (χ3v) is 8.97. The normalized spacial score (nSPS) is 60.7. The van der Waals surface area contributed by atoms with Gasteiger partial charge in [-0.1, -0.05) is 20.3 Å². The van der Waals surface area contributed by atoms with Crippen molar-refractivity contribution >= 4 is 0 Å². The second-order valence-electron chi connectivity index (χ2n) is 10.2. The third-order valence-electron chi connectivity index (χ3n) is 8.97. The smallest absolute Gasteiger partial charge is 0.0653 e. The molecule has 4 aliphatic rings. The van der Waals surface area contributed by atoms with Gasteiger partial charge < -0.3 is 10.2 Å². The van der Waals surface area contributed by atoms with Crippen molar-refractivity contribution in [1.29, 1.82) is 0 Å². The Morgan fingerprint density at radius 2 is 1.73 bits per heavy atom. The van der Waals surface area contributed by atoms with Gasteiger partial charge in [-0.2, -0.15) is 0 Å². The van der Waals surface area contributed by atoms with Crippen LogP contribution in [0.15, 0.2) is 0 Å². The maximum Gasteiger partial charge on any atom is 0.0653 e. The van der Waals surface area contributed by atoms with E-state index >= 15 is 0 Å². The van der Waals surface area contributed by atoms with E-state index in [0.29, 0.717) is 29.3 Å². The molecule has 1 spiro atoms. The Morgan fingerprint density at radius 1 is 0.955 bits per heavy atom. The van der Waals surface area contributed by atoms with E-state index in [0.717, 1.165) is 12.3 Å². The van der Waals surface area contributed by atoms with Gasteiger partial charge in [-0.15, -0.1) is 0 Å². The molecule has 2 N–H and O–H groups in total. The Labute approximate surface area is 135 Å². The van der Waals surface area contributed by atoms with E-state index in [4.69, 9.17) is 0 Å². The van der Waals surface area contributed by atoms with Crippen LogP contribution in [0.4, 0.5) is 0 Å². The highest BCUT2D eigenvalue weighted by molar-refractivity contribution is 5.16. The molecule has 2 heteroatoms. The minimum Gasteiger partial charge on any atom is -0.396 e. The summed E-state index contributed by atoms with van der Waals surface area (Å²) in [5.41, 5.74) is 0.504. The van der Waals surface area contributed by atoms with Crippen LogP contribution in [0.2, 0.25) is 0 Å². The van der Waals surface area contributed by atoms with Crippen LogP contribution in [0.5, 0.6) is 0 Å². The third kappa shape index (κ3) is 1.80. The SMILES string of the molecule is C[C@]1(CO)CCC[C@@]2(C)[C@@H]1CC[C@@]13C[C@@H](CC[C@@H]12)[C@](C)(O)C3. The van der Waals surface area contributed by atoms with Gasteiger partial charge in [0.25, 0.3) is 0 Å². The molecule has 2 bridgehead atoms. The molecule has 0 amide bonds. The average Bonchev–Trinajstić information content (AvgIpc) is 2.63. The monoisotopic (exact) mass is 306 g/mol. The van der Waals surface area contributed by atoms with Gasteiger partial charge in [0.2, 0.25) is 0 Å². The molecule has 0 aromatic heterocycles. The van der Waals surface area contributed by atoms with Crippen LogP contribution in [0.1, 0.15) is 78.6 Å². The van der Waals surface area contributed by atoms with Gasteiger partial charge in [-0.25, -0.2) is 0 Å². The van der Waals surface area contributed by atoms with E-state index in [2.05, 4.69) is 20.8 Å². The zero-order valence-corrected chi connectivity index (χ0v) is 14.7. The van der Waals surface area contributed by atoms with Crippen LogP contribution >= 0.6 is 0 Å². The van der Waals surface area contributed by atoms with E-state index in [1.165, 1.54) is 51.4 Å². The Hall–Kier alpha value is -0.0800. The van der Waals surface area contributed by atoms with Crippen LogP contribution in [0, 0.1) is 34.0 Å². The van der Waals surface area contributed by atoms with E-state index in [1.54, 1.807) is 0 Å². The van der Waals surface area contributed by atoms with Gasteiger partial charge in [0.15, 0.2) is 0 Å². The summed E-state index contributed by atoms with van der Waals surface area (Å²) in [7, 11) is 0. The van der Waals surface area contributed by atoms with Gasteiger partial charge in [-0.05, 0) is 92.3 Å². The van der Waals surface area contributed by atoms with Crippen molar-refractivity contribution in [1.82, 2.24) is 0 Å². The first-order chi connectivity index (χ1) is 10.3. The first kappa shape index (κ1) is 15.4. The molecular weight excluding hydrogens is 272 g/mol. The highest BCUT2D eigenvalue weighted by Gasteiger charge is 2.66. The van der Waals surface area contributed by atoms with Crippen LogP contribution < -0.4 is 0 Å². The molecule has 2 nitrogen and oxygen atoms in total. The van der Waals surface area contributed by atoms with Crippen molar-refractivity contribution in [3.8, 4) is 0 Å². The largest absolute Gasteiger partial charge is 0.396 e. The van der Waals surface area contributed by atoms with Gasteiger partial charge in [-0.3, -0.25) is 0 Å². The summed E-state index contributed by atoms with van der Waals surface area (Å²) in [6.45, 7) is 7.34. The fourth-order valence-corrected chi connectivity index (χ4v) is 8.12. The van der Waals surface area contributed by atoms with Gasteiger partial charge >= 0.3 is 0 Å². The van der Waals surface area contributed by atoms with Gasteiger partial charge in [0.05, 0.1) is 5.60 Å². The van der Waals surface area contributed by atoms with Crippen LogP contribution in [-0.4, -0.2) is 22.4 Å². The summed E-state index contributed by atoms with van der Waals surface area (Å²) in [6, 6.07) is 0. The molecule has 7 atom stereocenters. The van der Waals surface area contributed by atoms with Crippen molar-refractivity contribution in [2.24, 2.45) is 34.0 Å². The molecule has 0 aromatic rings. The Bertz CT molecular complexity index is 472. The predicted molar refractivity (Wildman–Crippen MR) is 88.4 cm³/mol. The maximum atomic E-state index is 10.9. The molecular formula is C20H34O2. The van der Waals surface area contributed by atoms with E-state index in [1.807, 2.05) is 0 Å². The summed E-state index contributed by atoms with van der Waals surface area (Å²) >= 11 is 0. The van der Waals surface area contributed by atoms with Crippen LogP contribution in [-0.2, 0) is 0 Å². The average molecular weight is 306 g/mol. The van der Waals surface area contributed by atoms with E-state index < -0.39 is 5.60 Å². The van der Waals surface area contributed by atoms with Crippen molar-refractivity contribution in [2.75, 3.05) is 6.61 Å². The lowest BCUT2D eigenvalue weighted by Gasteiger charge is -2.64. The second kappa shape index (κ2) is 4.51. The quantitative estimate of drug-likeness (QED) is 0.764. The summed E-state index contributed by atoms with van der Waals surface area (Å²) in [5, 5.41) is 21.0. The second-order valence-corrected chi connectivity index (χ2v) is 10.2. The van der Waals surface area contributed by atoms with Crippen molar-refractivity contribution in [2.45, 2.75) is 84.2 Å². The summed E-state index contributed by atoms with van der Waals surface area (Å²) in [6.07, 6.45) is 11.2. The first-order valence-electron chi connectivity index (χ1n) is 9.59. The number of hydrogen-bond donors (Lipinski definition) is 2. The van der Waals surface area contributed by atoms with Gasteiger partial charge in [0, 0.05) is 6.61 Å². The highest BCUT2D eigenvalue weighted by Crippen LogP contribution is 2.72. The molecule has 0 aromatic carbocycles. The molecule has 4 fully saturated rings. The Kier molecular flexibility index (Phi) is 3.16. The standard InChI is InChI=1S/C20H34O2/c1-17(13-21)8-4-9-18(2)15(17)7-10-20-11-14(5-6-16(18)20)19(3,22)12-20/h14-16,21-22H,4-13H2,1-3H3/t14-,15-,16-,17-,18+,19-,20+/m1/s1. The zero-order valence-electron chi connectivity index (χ0n) is 14.7. The lowest BCUT2D eigenvalue weighted by atomic mass is 9.41. The number of aliphatic hydroxyl groups excluding tert-OH is 1. The number of aliphatic hydroxyl groups is 2. The molecule has 0 radical (unpaired) electrons. The van der Waals surface area contributed by atoms with Crippen molar-refractivity contribution in [3.05, 3.63) is 0 Å². The van der Waals surface area contributed by atoms with Gasteiger partial charge in [0.1, 0.15) is 0 Å². The molecule has 0 aliphatic heterocycles. The molecule has 4 saturated carbocycles. The van der Waals surface area contributed by atoms with E-state index in [-0.39, 0.29) is 5.41 Å². The molecule has 0 heterocycles. The molecule has 4 rings (SSSR count). The van der Waals surface area contributed by atoms with Crippen LogP contribution in [0.3, 0.4) is 0 Å². The predicted octanol–water partition coefficient (Wildman–Crippen LogP) is 4.14. The minimum absolute atomic E-state index is 0.132. The van der Waals surface area contributed by atoms with E-state index in [9.17, 15) is 10.2 Å². The zero-order chi connectivity index (χ0) is 15.8. The highest BCUT2D eigenvalue weighted by atomic mass is 16.3. The lowest BCUT2D eigenvalue weighted by molar-refractivity contribution is -0.159. The maximum absolute atomic E-state index is 10.9. The molecule has 0 unspecified atom stereocenters.